The van der Waals surface area contributed by atoms with Gasteiger partial charge in [-0.3, -0.25) is 0 Å². The van der Waals surface area contributed by atoms with E-state index in [-0.39, 0.29) is 0 Å². The van der Waals surface area contributed by atoms with Crippen LogP contribution in [-0.2, 0) is 0 Å². The Balaban J connectivity index is 3.34. The smallest absolute Gasteiger partial charge is 0.126 e. The molecule has 1 aromatic heterocycles. The molecular formula is C5H3BrCl2N2. The minimum Gasteiger partial charge on any atom is -0.396 e. The maximum Gasteiger partial charge on any atom is 0.126 e. The van der Waals surface area contributed by atoms with E-state index in [1.807, 2.05) is 0 Å². The molecule has 1 heterocycles. The van der Waals surface area contributed by atoms with Crippen molar-refractivity contribution in [2.45, 2.75) is 0 Å². The lowest BCUT2D eigenvalue weighted by molar-refractivity contribution is 1.28. The van der Waals surface area contributed by atoms with Gasteiger partial charge in [0.05, 0.1) is 15.7 Å². The van der Waals surface area contributed by atoms with Crippen molar-refractivity contribution in [2.75, 3.05) is 5.73 Å². The number of hydrogen-bond acceptors (Lipinski definition) is 2. The molecule has 0 bridgehead atoms. The summed E-state index contributed by atoms with van der Waals surface area (Å²) in [6.45, 7) is 0. The molecule has 2 nitrogen and oxygen atoms in total. The molecule has 0 spiro atoms. The second-order valence-corrected chi connectivity index (χ2v) is 3.16. The van der Waals surface area contributed by atoms with E-state index in [1.165, 1.54) is 6.20 Å². The van der Waals surface area contributed by atoms with Crippen molar-refractivity contribution in [2.24, 2.45) is 0 Å². The van der Waals surface area contributed by atoms with Gasteiger partial charge in [-0.1, -0.05) is 23.2 Å². The van der Waals surface area contributed by atoms with Crippen LogP contribution < -0.4 is 5.73 Å². The van der Waals surface area contributed by atoms with Crippen molar-refractivity contribution < 1.29 is 0 Å². The van der Waals surface area contributed by atoms with Crippen molar-refractivity contribution in [3.05, 3.63) is 20.8 Å². The molecule has 0 aliphatic heterocycles. The monoisotopic (exact) mass is 240 g/mol. The number of rotatable bonds is 0. The largest absolute Gasteiger partial charge is 0.396 e. The highest BCUT2D eigenvalue weighted by molar-refractivity contribution is 9.10. The molecule has 10 heavy (non-hydrogen) atoms. The summed E-state index contributed by atoms with van der Waals surface area (Å²) in [5.41, 5.74) is 5.80. The molecule has 2 N–H and O–H groups in total. The first-order valence-corrected chi connectivity index (χ1v) is 3.93. The predicted molar refractivity (Wildman–Crippen MR) is 46.4 cm³/mol. The second-order valence-electron chi connectivity index (χ2n) is 1.62. The molecule has 0 saturated carbocycles. The van der Waals surface area contributed by atoms with Crippen LogP contribution >= 0.6 is 39.1 Å². The topological polar surface area (TPSA) is 38.9 Å². The van der Waals surface area contributed by atoms with Crippen LogP contribution in [-0.4, -0.2) is 4.98 Å². The average molecular weight is 242 g/mol. The van der Waals surface area contributed by atoms with Gasteiger partial charge in [-0.25, -0.2) is 4.98 Å². The first-order chi connectivity index (χ1) is 4.63. The lowest BCUT2D eigenvalue weighted by Crippen LogP contribution is -1.89. The molecule has 0 unspecified atom stereocenters. The first kappa shape index (κ1) is 8.11. The molecular weight excluding hydrogens is 239 g/mol. The minimum absolute atomic E-state index is 0.352. The average Bonchev–Trinajstić information content (AvgIpc) is 1.93. The van der Waals surface area contributed by atoms with Gasteiger partial charge >= 0.3 is 0 Å². The Morgan fingerprint density at radius 3 is 2.60 bits per heavy atom. The number of aromatic nitrogens is 1. The van der Waals surface area contributed by atoms with Crippen LogP contribution in [0.1, 0.15) is 0 Å². The third-order valence-electron chi connectivity index (χ3n) is 0.966. The fourth-order valence-electron chi connectivity index (χ4n) is 0.456. The number of nitrogen functional groups attached to an aromatic ring is 1. The first-order valence-electron chi connectivity index (χ1n) is 2.38. The van der Waals surface area contributed by atoms with Crippen LogP contribution in [0.2, 0.25) is 10.0 Å². The number of halogens is 3. The Hall–Kier alpha value is 0.01000. The second kappa shape index (κ2) is 2.95. The zero-order chi connectivity index (χ0) is 7.72. The number of anilines is 1. The molecule has 1 aromatic rings. The van der Waals surface area contributed by atoms with E-state index in [2.05, 4.69) is 20.9 Å². The summed E-state index contributed by atoms with van der Waals surface area (Å²) in [7, 11) is 0. The highest BCUT2D eigenvalue weighted by Crippen LogP contribution is 2.31. The molecule has 1 rings (SSSR count). The van der Waals surface area contributed by atoms with Gasteiger partial charge in [-0.2, -0.15) is 0 Å². The lowest BCUT2D eigenvalue weighted by atomic mass is 10.4. The van der Waals surface area contributed by atoms with Gasteiger partial charge in [0.15, 0.2) is 0 Å². The Morgan fingerprint density at radius 2 is 2.10 bits per heavy atom. The molecule has 0 amide bonds. The van der Waals surface area contributed by atoms with E-state index in [0.29, 0.717) is 20.3 Å². The van der Waals surface area contributed by atoms with Crippen molar-refractivity contribution in [3.8, 4) is 0 Å². The molecule has 0 aliphatic carbocycles. The van der Waals surface area contributed by atoms with Crippen LogP contribution in [0, 0.1) is 0 Å². The zero-order valence-electron chi connectivity index (χ0n) is 4.74. The standard InChI is InChI=1S/C5H3BrCl2N2/c6-5-3(8)4(9)2(7)1-10-5/h1H,(H2,9,10). The van der Waals surface area contributed by atoms with Gasteiger partial charge in [0, 0.05) is 6.20 Å². The Labute approximate surface area is 76.5 Å². The summed E-state index contributed by atoms with van der Waals surface area (Å²) < 4.78 is 0.510. The minimum atomic E-state index is 0.352. The summed E-state index contributed by atoms with van der Waals surface area (Å²) in [4.78, 5) is 3.81. The fourth-order valence-corrected chi connectivity index (χ4v) is 1.11. The number of nitrogens with zero attached hydrogens (tertiary/aromatic N) is 1. The molecule has 5 heteroatoms. The third-order valence-corrected chi connectivity index (χ3v) is 2.48. The Morgan fingerprint density at radius 1 is 1.50 bits per heavy atom. The molecule has 0 fully saturated rings. The highest BCUT2D eigenvalue weighted by atomic mass is 79.9. The van der Waals surface area contributed by atoms with E-state index < -0.39 is 0 Å². The molecule has 0 radical (unpaired) electrons. The summed E-state index contributed by atoms with van der Waals surface area (Å²) in [5, 5.41) is 0.723. The molecule has 0 aromatic carbocycles. The van der Waals surface area contributed by atoms with Gasteiger partial charge in [0.1, 0.15) is 4.60 Å². The third kappa shape index (κ3) is 1.36. The van der Waals surface area contributed by atoms with E-state index in [4.69, 9.17) is 28.9 Å². The number of nitrogens with two attached hydrogens (primary N) is 1. The molecule has 0 aliphatic rings. The molecule has 54 valence electrons. The normalized spacial score (nSPS) is 9.90. The Kier molecular flexibility index (Phi) is 2.39. The SMILES string of the molecule is Nc1c(Cl)cnc(Br)c1Cl. The van der Waals surface area contributed by atoms with Gasteiger partial charge in [0.2, 0.25) is 0 Å². The van der Waals surface area contributed by atoms with E-state index in [9.17, 15) is 0 Å². The van der Waals surface area contributed by atoms with Crippen LogP contribution in [0.4, 0.5) is 5.69 Å². The number of hydrogen-bond donors (Lipinski definition) is 1. The maximum atomic E-state index is 5.66. The zero-order valence-corrected chi connectivity index (χ0v) is 7.83. The summed E-state index contributed by atoms with van der Waals surface area (Å²) >= 11 is 14.4. The Bertz CT molecular complexity index is 237. The van der Waals surface area contributed by atoms with Gasteiger partial charge in [-0.15, -0.1) is 0 Å². The maximum absolute atomic E-state index is 5.66. The van der Waals surface area contributed by atoms with Crippen molar-refractivity contribution >= 4 is 44.8 Å². The quantitative estimate of drug-likeness (QED) is 0.710. The van der Waals surface area contributed by atoms with Gasteiger partial charge < -0.3 is 5.73 Å². The summed E-state index contributed by atoms with van der Waals surface area (Å²) in [6, 6.07) is 0. The van der Waals surface area contributed by atoms with E-state index in [0.717, 1.165) is 0 Å². The van der Waals surface area contributed by atoms with E-state index >= 15 is 0 Å². The predicted octanol–water partition coefficient (Wildman–Crippen LogP) is 2.73. The van der Waals surface area contributed by atoms with Gasteiger partial charge in [-0.05, 0) is 15.9 Å². The van der Waals surface area contributed by atoms with Crippen molar-refractivity contribution in [3.63, 3.8) is 0 Å². The van der Waals surface area contributed by atoms with Crippen molar-refractivity contribution in [1.29, 1.82) is 0 Å². The van der Waals surface area contributed by atoms with Crippen LogP contribution in [0.3, 0.4) is 0 Å². The highest BCUT2D eigenvalue weighted by Gasteiger charge is 2.05. The van der Waals surface area contributed by atoms with Crippen LogP contribution in [0.15, 0.2) is 10.8 Å². The number of pyridine rings is 1. The van der Waals surface area contributed by atoms with E-state index in [1.54, 1.807) is 0 Å². The van der Waals surface area contributed by atoms with Crippen LogP contribution in [0.25, 0.3) is 0 Å². The molecule has 0 saturated heterocycles. The van der Waals surface area contributed by atoms with Crippen LogP contribution in [0.5, 0.6) is 0 Å². The van der Waals surface area contributed by atoms with Crippen molar-refractivity contribution in [1.82, 2.24) is 4.98 Å². The fraction of sp³-hybridized carbons (Fsp3) is 0. The summed E-state index contributed by atoms with van der Waals surface area (Å²) in [5.74, 6) is 0. The van der Waals surface area contributed by atoms with Gasteiger partial charge in [0.25, 0.3) is 0 Å². The molecule has 0 atom stereocenters. The lowest BCUT2D eigenvalue weighted by Gasteiger charge is -2.00. The summed E-state index contributed by atoms with van der Waals surface area (Å²) in [6.07, 6.45) is 1.44.